The molecule has 0 heterocycles. The van der Waals surface area contributed by atoms with E-state index in [2.05, 4.69) is 17.6 Å². The van der Waals surface area contributed by atoms with Crippen molar-refractivity contribution in [2.75, 3.05) is 59.1 Å². The first kappa shape index (κ1) is 64.2. The molecule has 0 aromatic heterocycles. The number of halogens is 1. The summed E-state index contributed by atoms with van der Waals surface area (Å²) in [6.07, 6.45) is 23.1. The number of esters is 2. The van der Waals surface area contributed by atoms with E-state index in [1.807, 2.05) is 33.8 Å². The van der Waals surface area contributed by atoms with Gasteiger partial charge in [0.1, 0.15) is 18.8 Å². The van der Waals surface area contributed by atoms with Gasteiger partial charge in [-0.2, -0.15) is 0 Å². The molecule has 15 nitrogen and oxygen atoms in total. The van der Waals surface area contributed by atoms with Crippen LogP contribution in [0.2, 0.25) is 0 Å². The van der Waals surface area contributed by atoms with Crippen molar-refractivity contribution in [3.05, 3.63) is 11.6 Å². The van der Waals surface area contributed by atoms with Crippen LogP contribution in [0.15, 0.2) is 11.6 Å². The molecule has 1 aliphatic rings. The standard InChI is InChI=1S/C51H96ClN2O13P/c1-8-10-11-12-13-14-15-16-17-18-19-20-23-26-29-45(55)62-39-43(40-65-68(59,60)64-37-9-2)66-46(56)30-27-24-21-22-25-28-34-53-35-36-54-49(57)67-44-31-33-51(58,41-52)48(47(44)61-7)50(5,6)63-38-32-42(3)4/h32,43-44,47-48,53,58H,8-31,33-41H2,1-7H3,(H,54,57)(H,59,60)/p-1/t43?,44-,47-,48-,51+/m1/s1. The third-order valence-electron chi connectivity index (χ3n) is 12.5. The number of hydrogen-bond donors (Lipinski definition) is 3. The number of nitrogens with one attached hydrogen (secondary N) is 2. The van der Waals surface area contributed by atoms with E-state index >= 15 is 0 Å². The van der Waals surface area contributed by atoms with Gasteiger partial charge in [0.15, 0.2) is 6.10 Å². The minimum absolute atomic E-state index is 0.00168. The van der Waals surface area contributed by atoms with Crippen molar-refractivity contribution in [1.82, 2.24) is 10.6 Å². The number of carbonyl (C=O) groups excluding carboxylic acids is 3. The molecule has 1 amide bonds. The number of ether oxygens (including phenoxy) is 5. The van der Waals surface area contributed by atoms with E-state index < -0.39 is 67.9 Å². The first-order chi connectivity index (χ1) is 32.5. The zero-order valence-corrected chi connectivity index (χ0v) is 45.0. The largest absolute Gasteiger partial charge is 0.756 e. The third kappa shape index (κ3) is 30.8. The number of phosphoric ester groups is 1. The Hall–Kier alpha value is -1.81. The van der Waals surface area contributed by atoms with Crippen molar-refractivity contribution in [1.29, 1.82) is 0 Å². The van der Waals surface area contributed by atoms with E-state index in [4.69, 9.17) is 44.3 Å². The molecule has 2 unspecified atom stereocenters. The number of hydrogen-bond acceptors (Lipinski definition) is 14. The van der Waals surface area contributed by atoms with Crippen molar-refractivity contribution in [3.63, 3.8) is 0 Å². The fraction of sp³-hybridized carbons (Fsp3) is 0.902. The molecular weight excluding hydrogens is 915 g/mol. The second-order valence-corrected chi connectivity index (χ2v) is 21.0. The molecule has 1 fully saturated rings. The predicted octanol–water partition coefficient (Wildman–Crippen LogP) is 10.8. The SMILES string of the molecule is CCCCCCCCCCCCCCCCC(=O)OCC(COP(=O)([O-])OCCC)OC(=O)CCCCCCCCNCCNC(=O)O[C@@H]1CC[C@](O)(CCl)[C@@H](C(C)(C)OCC=C(C)C)[C@@H]1OC. The average Bonchev–Trinajstić information content (AvgIpc) is 3.29. The lowest BCUT2D eigenvalue weighted by molar-refractivity contribution is -0.228. The van der Waals surface area contributed by atoms with E-state index in [0.717, 1.165) is 63.5 Å². The summed E-state index contributed by atoms with van der Waals surface area (Å²) in [5, 5.41) is 17.7. The van der Waals surface area contributed by atoms with Gasteiger partial charge >= 0.3 is 18.0 Å². The molecule has 3 N–H and O–H groups in total. The van der Waals surface area contributed by atoms with E-state index in [1.165, 1.54) is 64.2 Å². The predicted molar refractivity (Wildman–Crippen MR) is 268 cm³/mol. The zero-order chi connectivity index (χ0) is 50.5. The van der Waals surface area contributed by atoms with Crippen LogP contribution in [0.5, 0.6) is 0 Å². The molecule has 0 saturated heterocycles. The Morgan fingerprint density at radius 1 is 0.794 bits per heavy atom. The normalized spacial score (nSPS) is 19.8. The summed E-state index contributed by atoms with van der Waals surface area (Å²) in [6.45, 7) is 13.1. The molecule has 0 radical (unpaired) electrons. The van der Waals surface area contributed by atoms with Crippen LogP contribution in [0, 0.1) is 5.92 Å². The fourth-order valence-electron chi connectivity index (χ4n) is 8.63. The van der Waals surface area contributed by atoms with Gasteiger partial charge in [-0.3, -0.25) is 14.2 Å². The van der Waals surface area contributed by atoms with Gasteiger partial charge in [0, 0.05) is 39.0 Å². The first-order valence-electron chi connectivity index (χ1n) is 26.2. The van der Waals surface area contributed by atoms with Crippen LogP contribution in [0.1, 0.15) is 202 Å². The number of unbranched alkanes of at least 4 members (excludes halogenated alkanes) is 18. The minimum Gasteiger partial charge on any atom is -0.756 e. The molecule has 6 atom stereocenters. The molecule has 1 rings (SSSR count). The van der Waals surface area contributed by atoms with E-state index in [0.29, 0.717) is 51.8 Å². The topological polar surface area (TPSA) is 200 Å². The van der Waals surface area contributed by atoms with E-state index in [1.54, 1.807) is 14.0 Å². The molecule has 1 saturated carbocycles. The van der Waals surface area contributed by atoms with Crippen LogP contribution in [-0.2, 0) is 46.9 Å². The van der Waals surface area contributed by atoms with Gasteiger partial charge in [0.05, 0.1) is 36.9 Å². The van der Waals surface area contributed by atoms with Gasteiger partial charge in [-0.05, 0) is 72.8 Å². The van der Waals surface area contributed by atoms with Crippen molar-refractivity contribution >= 4 is 37.5 Å². The first-order valence-corrected chi connectivity index (χ1v) is 28.2. The molecule has 0 bridgehead atoms. The molecule has 0 spiro atoms. The van der Waals surface area contributed by atoms with Crippen molar-refractivity contribution < 1.29 is 61.7 Å². The highest BCUT2D eigenvalue weighted by Crippen LogP contribution is 2.45. The van der Waals surface area contributed by atoms with E-state index in [-0.39, 0.29) is 31.9 Å². The third-order valence-corrected chi connectivity index (χ3v) is 13.9. The Bertz CT molecular complexity index is 1400. The molecule has 68 heavy (non-hydrogen) atoms. The Labute approximate surface area is 416 Å². The number of rotatable bonds is 43. The van der Waals surface area contributed by atoms with Crippen molar-refractivity contribution in [2.24, 2.45) is 5.92 Å². The summed E-state index contributed by atoms with van der Waals surface area (Å²) in [5.74, 6) is -1.47. The molecule has 0 aromatic rings. The van der Waals surface area contributed by atoms with Crippen molar-refractivity contribution in [3.8, 4) is 0 Å². The summed E-state index contributed by atoms with van der Waals surface area (Å²) < 4.78 is 50.7. The molecule has 1 aliphatic carbocycles. The lowest BCUT2D eigenvalue weighted by atomic mass is 9.66. The summed E-state index contributed by atoms with van der Waals surface area (Å²) in [6, 6.07) is 0. The Morgan fingerprint density at radius 3 is 1.90 bits per heavy atom. The highest BCUT2D eigenvalue weighted by molar-refractivity contribution is 7.45. The second-order valence-electron chi connectivity index (χ2n) is 19.4. The van der Waals surface area contributed by atoms with Gasteiger partial charge in [-0.25, -0.2) is 4.79 Å². The summed E-state index contributed by atoms with van der Waals surface area (Å²) in [7, 11) is -3.06. The quantitative estimate of drug-likeness (QED) is 0.0130. The molecule has 0 aromatic carbocycles. The van der Waals surface area contributed by atoms with E-state index in [9.17, 15) is 28.9 Å². The van der Waals surface area contributed by atoms with Crippen LogP contribution in [0.3, 0.4) is 0 Å². The van der Waals surface area contributed by atoms with Crippen LogP contribution in [-0.4, -0.2) is 112 Å². The molecule has 0 aliphatic heterocycles. The lowest BCUT2D eigenvalue weighted by Gasteiger charge is -2.52. The Morgan fingerprint density at radius 2 is 1.35 bits per heavy atom. The van der Waals surface area contributed by atoms with Crippen molar-refractivity contribution in [2.45, 2.75) is 232 Å². The van der Waals surface area contributed by atoms with Gasteiger partial charge < -0.3 is 53.4 Å². The number of amides is 1. The number of phosphoric acid groups is 1. The maximum absolute atomic E-state index is 12.8. The van der Waals surface area contributed by atoms with Gasteiger partial charge in [0.2, 0.25) is 0 Å². The summed E-state index contributed by atoms with van der Waals surface area (Å²) in [4.78, 5) is 50.1. The highest BCUT2D eigenvalue weighted by atomic mass is 35.5. The lowest BCUT2D eigenvalue weighted by Crippen LogP contribution is -2.64. The Kier molecular flexibility index (Phi) is 36.6. The van der Waals surface area contributed by atoms with Gasteiger partial charge in [-0.1, -0.05) is 135 Å². The van der Waals surface area contributed by atoms with Crippen LogP contribution in [0.25, 0.3) is 0 Å². The number of alkyl carbamates (subject to hydrolysis) is 1. The molecule has 17 heteroatoms. The van der Waals surface area contributed by atoms with Crippen LogP contribution in [0.4, 0.5) is 4.79 Å². The smallest absolute Gasteiger partial charge is 0.407 e. The summed E-state index contributed by atoms with van der Waals surface area (Å²) >= 11 is 6.30. The monoisotopic (exact) mass is 1010 g/mol. The minimum atomic E-state index is -4.60. The van der Waals surface area contributed by atoms with Gasteiger partial charge in [-0.15, -0.1) is 11.6 Å². The summed E-state index contributed by atoms with van der Waals surface area (Å²) in [5.41, 5.74) is -0.956. The average molecular weight is 1010 g/mol. The number of aliphatic hydroxyl groups is 1. The van der Waals surface area contributed by atoms with Crippen LogP contribution < -0.4 is 15.5 Å². The van der Waals surface area contributed by atoms with Crippen LogP contribution >= 0.6 is 19.4 Å². The molecular formula is C51H95ClN2O13P-. The maximum atomic E-state index is 12.8. The number of alkyl halides is 1. The Balaban J connectivity index is 2.31. The molecule has 400 valence electrons. The van der Waals surface area contributed by atoms with Gasteiger partial charge in [0.25, 0.3) is 7.82 Å². The number of carbonyl (C=O) groups is 3. The number of methoxy groups -OCH3 is 1. The zero-order valence-electron chi connectivity index (χ0n) is 43.4. The number of allylic oxidation sites excluding steroid dienone is 1. The maximum Gasteiger partial charge on any atom is 0.407 e. The fourth-order valence-corrected chi connectivity index (χ4v) is 9.76. The second kappa shape index (κ2) is 38.8. The highest BCUT2D eigenvalue weighted by Gasteiger charge is 2.56.